The Morgan fingerprint density at radius 2 is 1.73 bits per heavy atom. The summed E-state index contributed by atoms with van der Waals surface area (Å²) in [6.45, 7) is 6.61. The van der Waals surface area contributed by atoms with Crippen LogP contribution in [0.4, 0.5) is 0 Å². The van der Waals surface area contributed by atoms with Crippen molar-refractivity contribution in [1.29, 1.82) is 0 Å². The SMILES string of the molecule is C/C=C(/C)CCCCCCC. The Labute approximate surface area is 71.7 Å². The van der Waals surface area contributed by atoms with Gasteiger partial charge in [0.25, 0.3) is 0 Å². The zero-order valence-electron chi connectivity index (χ0n) is 8.32. The average molecular weight is 154 g/mol. The van der Waals surface area contributed by atoms with Gasteiger partial charge in [0.15, 0.2) is 0 Å². The van der Waals surface area contributed by atoms with E-state index >= 15 is 0 Å². The summed E-state index contributed by atoms with van der Waals surface area (Å²) in [5.41, 5.74) is 1.54. The topological polar surface area (TPSA) is 0 Å². The Morgan fingerprint density at radius 3 is 2.27 bits per heavy atom. The molecule has 0 heterocycles. The summed E-state index contributed by atoms with van der Waals surface area (Å²) < 4.78 is 0. The largest absolute Gasteiger partial charge is 0.0887 e. The van der Waals surface area contributed by atoms with Gasteiger partial charge in [-0.05, 0) is 26.7 Å². The molecule has 0 radical (unpaired) electrons. The van der Waals surface area contributed by atoms with E-state index in [1.54, 1.807) is 5.57 Å². The van der Waals surface area contributed by atoms with Gasteiger partial charge in [0.2, 0.25) is 0 Å². The normalized spacial score (nSPS) is 12.1. The second-order valence-electron chi connectivity index (χ2n) is 3.30. The molecule has 0 aromatic heterocycles. The zero-order valence-corrected chi connectivity index (χ0v) is 8.32. The lowest BCUT2D eigenvalue weighted by Crippen LogP contribution is -1.79. The monoisotopic (exact) mass is 154 g/mol. The summed E-state index contributed by atoms with van der Waals surface area (Å²) in [5.74, 6) is 0. The van der Waals surface area contributed by atoms with E-state index in [0.29, 0.717) is 0 Å². The zero-order chi connectivity index (χ0) is 8.53. The Kier molecular flexibility index (Phi) is 7.66. The van der Waals surface area contributed by atoms with Gasteiger partial charge in [-0.1, -0.05) is 44.3 Å². The number of hydrogen-bond acceptors (Lipinski definition) is 0. The van der Waals surface area contributed by atoms with Gasteiger partial charge < -0.3 is 0 Å². The number of unbranched alkanes of at least 4 members (excludes halogenated alkanes) is 4. The molecule has 0 rings (SSSR count). The van der Waals surface area contributed by atoms with Crippen LogP contribution >= 0.6 is 0 Å². The van der Waals surface area contributed by atoms with Crippen molar-refractivity contribution in [3.05, 3.63) is 11.6 Å². The van der Waals surface area contributed by atoms with E-state index in [4.69, 9.17) is 0 Å². The molecule has 0 N–H and O–H groups in total. The van der Waals surface area contributed by atoms with Crippen LogP contribution in [0.25, 0.3) is 0 Å². The van der Waals surface area contributed by atoms with E-state index < -0.39 is 0 Å². The maximum Gasteiger partial charge on any atom is -0.0323 e. The van der Waals surface area contributed by atoms with Crippen molar-refractivity contribution in [3.63, 3.8) is 0 Å². The lowest BCUT2D eigenvalue weighted by Gasteiger charge is -1.99. The van der Waals surface area contributed by atoms with E-state index in [-0.39, 0.29) is 0 Å². The molecule has 0 amide bonds. The van der Waals surface area contributed by atoms with Gasteiger partial charge in [-0.2, -0.15) is 0 Å². The summed E-state index contributed by atoms with van der Waals surface area (Å²) in [6, 6.07) is 0. The average Bonchev–Trinajstić information content (AvgIpc) is 2.04. The molecule has 0 aromatic carbocycles. The van der Waals surface area contributed by atoms with Gasteiger partial charge in [-0.15, -0.1) is 0 Å². The van der Waals surface area contributed by atoms with Crippen LogP contribution in [0.15, 0.2) is 11.6 Å². The first-order valence-corrected chi connectivity index (χ1v) is 4.93. The molecule has 0 nitrogen and oxygen atoms in total. The van der Waals surface area contributed by atoms with Crippen molar-refractivity contribution >= 4 is 0 Å². The molecule has 0 atom stereocenters. The van der Waals surface area contributed by atoms with Crippen LogP contribution in [0.3, 0.4) is 0 Å². The van der Waals surface area contributed by atoms with E-state index in [1.807, 2.05) is 0 Å². The fourth-order valence-corrected chi connectivity index (χ4v) is 1.15. The maximum absolute atomic E-state index is 2.26. The molecule has 66 valence electrons. The smallest absolute Gasteiger partial charge is 0.0323 e. The Hall–Kier alpha value is -0.260. The Balaban J connectivity index is 3.02. The first-order valence-electron chi connectivity index (χ1n) is 4.93. The summed E-state index contributed by atoms with van der Waals surface area (Å²) in [7, 11) is 0. The lowest BCUT2D eigenvalue weighted by molar-refractivity contribution is 0.630. The van der Waals surface area contributed by atoms with Crippen LogP contribution in [0.5, 0.6) is 0 Å². The summed E-state index contributed by atoms with van der Waals surface area (Å²) in [5, 5.41) is 0. The Morgan fingerprint density at radius 1 is 1.09 bits per heavy atom. The van der Waals surface area contributed by atoms with Gasteiger partial charge >= 0.3 is 0 Å². The minimum absolute atomic E-state index is 1.31. The molecule has 0 spiro atoms. The fraction of sp³-hybridized carbons (Fsp3) is 0.818. The van der Waals surface area contributed by atoms with Crippen molar-refractivity contribution in [2.75, 3.05) is 0 Å². The molecule has 0 aliphatic carbocycles. The third-order valence-electron chi connectivity index (χ3n) is 2.17. The highest BCUT2D eigenvalue weighted by molar-refractivity contribution is 4.94. The van der Waals surface area contributed by atoms with Gasteiger partial charge in [0.1, 0.15) is 0 Å². The Bertz CT molecular complexity index is 101. The van der Waals surface area contributed by atoms with Crippen LogP contribution in [-0.4, -0.2) is 0 Å². The van der Waals surface area contributed by atoms with E-state index in [2.05, 4.69) is 26.8 Å². The third kappa shape index (κ3) is 7.64. The lowest BCUT2D eigenvalue weighted by atomic mass is 10.1. The molecule has 0 saturated carbocycles. The molecule has 0 aliphatic heterocycles. The molecule has 11 heavy (non-hydrogen) atoms. The third-order valence-corrected chi connectivity index (χ3v) is 2.17. The summed E-state index contributed by atoms with van der Waals surface area (Å²) in [4.78, 5) is 0. The minimum atomic E-state index is 1.31. The van der Waals surface area contributed by atoms with Crippen LogP contribution in [0.1, 0.15) is 59.3 Å². The van der Waals surface area contributed by atoms with Gasteiger partial charge in [0, 0.05) is 0 Å². The van der Waals surface area contributed by atoms with Crippen molar-refractivity contribution in [1.82, 2.24) is 0 Å². The first kappa shape index (κ1) is 10.7. The van der Waals surface area contributed by atoms with Crippen LogP contribution in [-0.2, 0) is 0 Å². The van der Waals surface area contributed by atoms with Crippen molar-refractivity contribution in [2.24, 2.45) is 0 Å². The number of hydrogen-bond donors (Lipinski definition) is 0. The highest BCUT2D eigenvalue weighted by atomic mass is 14.0. The molecule has 0 fully saturated rings. The molecule has 0 bridgehead atoms. The van der Waals surface area contributed by atoms with Crippen molar-refractivity contribution in [3.8, 4) is 0 Å². The van der Waals surface area contributed by atoms with Crippen molar-refractivity contribution in [2.45, 2.75) is 59.3 Å². The highest BCUT2D eigenvalue weighted by Crippen LogP contribution is 2.09. The predicted octanol–water partition coefficient (Wildman–Crippen LogP) is 4.31. The molecule has 0 unspecified atom stereocenters. The quantitative estimate of drug-likeness (QED) is 0.395. The van der Waals surface area contributed by atoms with Gasteiger partial charge in [0.05, 0.1) is 0 Å². The first-order chi connectivity index (χ1) is 5.31. The molecule has 0 aliphatic rings. The second kappa shape index (κ2) is 7.84. The number of allylic oxidation sites excluding steroid dienone is 2. The molecular weight excluding hydrogens is 132 g/mol. The molecule has 0 saturated heterocycles. The van der Waals surface area contributed by atoms with Crippen LogP contribution < -0.4 is 0 Å². The minimum Gasteiger partial charge on any atom is -0.0887 e. The van der Waals surface area contributed by atoms with Gasteiger partial charge in [-0.3, -0.25) is 0 Å². The number of rotatable bonds is 6. The fourth-order valence-electron chi connectivity index (χ4n) is 1.15. The van der Waals surface area contributed by atoms with E-state index in [9.17, 15) is 0 Å². The standard InChI is InChI=1S/C11H22/c1-4-6-7-8-9-10-11(3)5-2/h5H,4,6-10H2,1-3H3/b11-5-. The molecule has 0 heteroatoms. The van der Waals surface area contributed by atoms with E-state index in [0.717, 1.165) is 0 Å². The van der Waals surface area contributed by atoms with Crippen molar-refractivity contribution < 1.29 is 0 Å². The molecule has 0 aromatic rings. The molecular formula is C11H22. The summed E-state index contributed by atoms with van der Waals surface area (Å²) >= 11 is 0. The van der Waals surface area contributed by atoms with Crippen LogP contribution in [0, 0.1) is 0 Å². The predicted molar refractivity (Wildman–Crippen MR) is 52.8 cm³/mol. The summed E-state index contributed by atoms with van der Waals surface area (Å²) in [6.07, 6.45) is 10.5. The van der Waals surface area contributed by atoms with Gasteiger partial charge in [-0.25, -0.2) is 0 Å². The van der Waals surface area contributed by atoms with E-state index in [1.165, 1.54) is 38.5 Å². The van der Waals surface area contributed by atoms with Crippen LogP contribution in [0.2, 0.25) is 0 Å². The maximum atomic E-state index is 2.26. The highest BCUT2D eigenvalue weighted by Gasteiger charge is 1.89. The second-order valence-corrected chi connectivity index (χ2v) is 3.30.